The Morgan fingerprint density at radius 2 is 1.50 bits per heavy atom. The van der Waals surface area contributed by atoms with Crippen LogP contribution in [0.5, 0.6) is 5.75 Å². The van der Waals surface area contributed by atoms with Crippen molar-refractivity contribution in [2.24, 2.45) is 0 Å². The Balaban J connectivity index is 2.49. The topological polar surface area (TPSA) is 12.5 Å². The Morgan fingerprint density at radius 1 is 0.889 bits per heavy atom. The molecule has 0 radical (unpaired) electrons. The number of benzene rings is 2. The van der Waals surface area contributed by atoms with Crippen LogP contribution in [-0.4, -0.2) is 26.1 Å². The van der Waals surface area contributed by atoms with Crippen LogP contribution in [0.25, 0.3) is 0 Å². The summed E-state index contributed by atoms with van der Waals surface area (Å²) in [5.74, 6) is 0.931. The first-order valence-electron chi connectivity index (χ1n) is 6.08. The molecule has 0 aromatic heterocycles. The van der Waals surface area contributed by atoms with Gasteiger partial charge in [-0.25, -0.2) is 0 Å². The third-order valence-electron chi connectivity index (χ3n) is 3.07. The minimum Gasteiger partial charge on any atom is -0.496 e. The molecule has 0 aliphatic heterocycles. The highest BCUT2D eigenvalue weighted by atomic mass is 16.5. The van der Waals surface area contributed by atoms with Gasteiger partial charge in [-0.2, -0.15) is 0 Å². The fourth-order valence-corrected chi connectivity index (χ4v) is 2.28. The van der Waals surface area contributed by atoms with Crippen molar-refractivity contribution in [3.05, 3.63) is 65.7 Å². The number of methoxy groups -OCH3 is 1. The average molecular weight is 241 g/mol. The zero-order valence-electron chi connectivity index (χ0n) is 11.1. The van der Waals surface area contributed by atoms with Gasteiger partial charge in [0.1, 0.15) is 5.75 Å². The Labute approximate surface area is 109 Å². The van der Waals surface area contributed by atoms with Crippen LogP contribution in [0.3, 0.4) is 0 Å². The normalized spacial score (nSPS) is 12.4. The van der Waals surface area contributed by atoms with Gasteiger partial charge in [0, 0.05) is 5.56 Å². The Hall–Kier alpha value is -1.80. The van der Waals surface area contributed by atoms with Gasteiger partial charge in [0.15, 0.2) is 0 Å². The van der Waals surface area contributed by atoms with Gasteiger partial charge in [-0.1, -0.05) is 48.5 Å². The smallest absolute Gasteiger partial charge is 0.123 e. The minimum atomic E-state index is 0.211. The van der Waals surface area contributed by atoms with Crippen LogP contribution in [0, 0.1) is 0 Å². The number of ether oxygens (including phenoxy) is 1. The van der Waals surface area contributed by atoms with Gasteiger partial charge >= 0.3 is 0 Å². The fraction of sp³-hybridized carbons (Fsp3) is 0.250. The van der Waals surface area contributed by atoms with E-state index < -0.39 is 0 Å². The van der Waals surface area contributed by atoms with E-state index in [1.165, 1.54) is 11.1 Å². The van der Waals surface area contributed by atoms with Crippen molar-refractivity contribution >= 4 is 0 Å². The van der Waals surface area contributed by atoms with Gasteiger partial charge in [0.2, 0.25) is 0 Å². The zero-order chi connectivity index (χ0) is 13.0. The van der Waals surface area contributed by atoms with E-state index >= 15 is 0 Å². The second kappa shape index (κ2) is 5.69. The van der Waals surface area contributed by atoms with Crippen molar-refractivity contribution < 1.29 is 4.74 Å². The molecule has 0 N–H and O–H groups in total. The van der Waals surface area contributed by atoms with Crippen LogP contribution in [-0.2, 0) is 0 Å². The van der Waals surface area contributed by atoms with E-state index in [1.54, 1.807) is 7.11 Å². The van der Waals surface area contributed by atoms with E-state index in [1.807, 2.05) is 18.2 Å². The van der Waals surface area contributed by atoms with Crippen molar-refractivity contribution in [3.8, 4) is 5.75 Å². The van der Waals surface area contributed by atoms with E-state index in [9.17, 15) is 0 Å². The van der Waals surface area contributed by atoms with Gasteiger partial charge in [-0.3, -0.25) is 4.90 Å². The second-order valence-electron chi connectivity index (χ2n) is 4.52. The third-order valence-corrected chi connectivity index (χ3v) is 3.07. The lowest BCUT2D eigenvalue weighted by atomic mass is 9.97. The van der Waals surface area contributed by atoms with Gasteiger partial charge < -0.3 is 4.74 Å². The predicted molar refractivity (Wildman–Crippen MR) is 75.0 cm³/mol. The van der Waals surface area contributed by atoms with Crippen LogP contribution in [0.4, 0.5) is 0 Å². The molecule has 1 atom stereocenters. The van der Waals surface area contributed by atoms with Crippen LogP contribution in [0.2, 0.25) is 0 Å². The molecule has 0 saturated carbocycles. The highest BCUT2D eigenvalue weighted by Gasteiger charge is 2.19. The van der Waals surface area contributed by atoms with Crippen LogP contribution in [0.1, 0.15) is 17.2 Å². The SMILES string of the molecule is COc1ccccc1C(c1ccccc1)N(C)C. The summed E-state index contributed by atoms with van der Waals surface area (Å²) in [4.78, 5) is 2.20. The molecule has 1 unspecified atom stereocenters. The molecule has 18 heavy (non-hydrogen) atoms. The largest absolute Gasteiger partial charge is 0.496 e. The van der Waals surface area contributed by atoms with E-state index in [0.29, 0.717) is 0 Å². The molecule has 2 rings (SSSR count). The van der Waals surface area contributed by atoms with Gasteiger partial charge in [-0.05, 0) is 25.7 Å². The summed E-state index contributed by atoms with van der Waals surface area (Å²) in [7, 11) is 5.89. The first-order valence-corrected chi connectivity index (χ1v) is 6.08. The highest BCUT2D eigenvalue weighted by Crippen LogP contribution is 2.32. The lowest BCUT2D eigenvalue weighted by molar-refractivity contribution is 0.326. The molecule has 2 aromatic carbocycles. The first-order chi connectivity index (χ1) is 8.74. The van der Waals surface area contributed by atoms with Gasteiger partial charge in [0.05, 0.1) is 13.2 Å². The van der Waals surface area contributed by atoms with Crippen LogP contribution >= 0.6 is 0 Å². The molecular formula is C16H19NO. The Kier molecular flexibility index (Phi) is 4.00. The lowest BCUT2D eigenvalue weighted by Crippen LogP contribution is -2.21. The Bertz CT molecular complexity index is 493. The van der Waals surface area contributed by atoms with Gasteiger partial charge in [0.25, 0.3) is 0 Å². The molecule has 0 spiro atoms. The zero-order valence-corrected chi connectivity index (χ0v) is 11.1. The van der Waals surface area contributed by atoms with Gasteiger partial charge in [-0.15, -0.1) is 0 Å². The summed E-state index contributed by atoms with van der Waals surface area (Å²) in [5, 5.41) is 0. The molecular weight excluding hydrogens is 222 g/mol. The van der Waals surface area contributed by atoms with Crippen LogP contribution < -0.4 is 4.74 Å². The first kappa shape index (κ1) is 12.7. The number of rotatable bonds is 4. The van der Waals surface area contributed by atoms with Crippen molar-refractivity contribution in [3.63, 3.8) is 0 Å². The third kappa shape index (κ3) is 2.54. The predicted octanol–water partition coefficient (Wildman–Crippen LogP) is 3.35. The fourth-order valence-electron chi connectivity index (χ4n) is 2.28. The lowest BCUT2D eigenvalue weighted by Gasteiger charge is -2.26. The standard InChI is InChI=1S/C16H19NO/c1-17(2)16(13-9-5-4-6-10-13)14-11-7-8-12-15(14)18-3/h4-12,16H,1-3H3. The molecule has 0 saturated heterocycles. The maximum atomic E-state index is 5.47. The van der Waals surface area contributed by atoms with Crippen molar-refractivity contribution in [2.45, 2.75) is 6.04 Å². The van der Waals surface area contributed by atoms with E-state index in [4.69, 9.17) is 4.74 Å². The summed E-state index contributed by atoms with van der Waals surface area (Å²) in [5.41, 5.74) is 2.46. The summed E-state index contributed by atoms with van der Waals surface area (Å²) >= 11 is 0. The van der Waals surface area contributed by atoms with E-state index in [2.05, 4.69) is 55.4 Å². The van der Waals surface area contributed by atoms with E-state index in [0.717, 1.165) is 5.75 Å². The van der Waals surface area contributed by atoms with Crippen LogP contribution in [0.15, 0.2) is 54.6 Å². The summed E-state index contributed by atoms with van der Waals surface area (Å²) in [6, 6.07) is 18.9. The molecule has 0 bridgehead atoms. The minimum absolute atomic E-state index is 0.211. The quantitative estimate of drug-likeness (QED) is 0.814. The Morgan fingerprint density at radius 3 is 2.11 bits per heavy atom. The molecule has 0 aliphatic carbocycles. The molecule has 94 valence electrons. The molecule has 0 fully saturated rings. The summed E-state index contributed by atoms with van der Waals surface area (Å²) in [6.45, 7) is 0. The average Bonchev–Trinajstić information content (AvgIpc) is 2.40. The second-order valence-corrected chi connectivity index (χ2v) is 4.52. The molecule has 2 heteroatoms. The molecule has 0 amide bonds. The van der Waals surface area contributed by atoms with E-state index in [-0.39, 0.29) is 6.04 Å². The number of hydrogen-bond donors (Lipinski definition) is 0. The molecule has 2 nitrogen and oxygen atoms in total. The number of para-hydroxylation sites is 1. The van der Waals surface area contributed by atoms with Crippen molar-refractivity contribution in [1.29, 1.82) is 0 Å². The summed E-state index contributed by atoms with van der Waals surface area (Å²) in [6.07, 6.45) is 0. The maximum Gasteiger partial charge on any atom is 0.123 e. The summed E-state index contributed by atoms with van der Waals surface area (Å²) < 4.78 is 5.47. The number of nitrogens with zero attached hydrogens (tertiary/aromatic N) is 1. The monoisotopic (exact) mass is 241 g/mol. The highest BCUT2D eigenvalue weighted by molar-refractivity contribution is 5.41. The number of hydrogen-bond acceptors (Lipinski definition) is 2. The molecule has 0 heterocycles. The molecule has 2 aromatic rings. The molecule has 0 aliphatic rings. The van der Waals surface area contributed by atoms with Crippen molar-refractivity contribution in [1.82, 2.24) is 4.90 Å². The maximum absolute atomic E-state index is 5.47. The van der Waals surface area contributed by atoms with Crippen molar-refractivity contribution in [2.75, 3.05) is 21.2 Å².